The van der Waals surface area contributed by atoms with Crippen LogP contribution in [0.5, 0.6) is 0 Å². The molecule has 174 valence electrons. The summed E-state index contributed by atoms with van der Waals surface area (Å²) in [6.45, 7) is 6.87. The minimum atomic E-state index is -0.277. The maximum absolute atomic E-state index is 13.0. The molecule has 3 aromatic rings. The molecule has 2 amide bonds. The Morgan fingerprint density at radius 2 is 1.67 bits per heavy atom. The third-order valence-corrected chi connectivity index (χ3v) is 5.30. The van der Waals surface area contributed by atoms with Gasteiger partial charge in [0.25, 0.3) is 0 Å². The van der Waals surface area contributed by atoms with E-state index in [9.17, 15) is 9.59 Å². The lowest BCUT2D eigenvalue weighted by atomic mass is 10.2. The number of amides is 2. The van der Waals surface area contributed by atoms with Crippen molar-refractivity contribution in [2.45, 2.75) is 20.8 Å². The van der Waals surface area contributed by atoms with E-state index in [1.807, 2.05) is 105 Å². The van der Waals surface area contributed by atoms with Gasteiger partial charge in [0.1, 0.15) is 0 Å². The van der Waals surface area contributed by atoms with Gasteiger partial charge in [-0.15, -0.1) is 0 Å². The lowest BCUT2D eigenvalue weighted by molar-refractivity contribution is -0.137. The molecule has 3 rings (SSSR count). The Morgan fingerprint density at radius 1 is 1.00 bits per heavy atom. The van der Waals surface area contributed by atoms with E-state index in [0.717, 1.165) is 22.5 Å². The highest BCUT2D eigenvalue weighted by Crippen LogP contribution is 2.24. The molecule has 0 aliphatic rings. The summed E-state index contributed by atoms with van der Waals surface area (Å²) in [5, 5.41) is 2.93. The standard InChI is InChI=1S/C26H33N5O2/c1-19(2)25(33)30(16-15-29(4)5)18-24(32)28-26-27-23(21-9-7-6-8-10-21)17-31(26)22-13-11-20(3)12-14-22/h6-14,17,19H,15-16,18H2,1-5H3,(H,27,28,32). The van der Waals surface area contributed by atoms with Gasteiger partial charge in [0.15, 0.2) is 0 Å². The molecule has 2 aromatic carbocycles. The minimum Gasteiger partial charge on any atom is -0.332 e. The molecule has 7 nitrogen and oxygen atoms in total. The Balaban J connectivity index is 1.87. The Kier molecular flexibility index (Phi) is 8.01. The zero-order valence-corrected chi connectivity index (χ0v) is 20.1. The summed E-state index contributed by atoms with van der Waals surface area (Å²) in [6.07, 6.45) is 1.92. The fraction of sp³-hybridized carbons (Fsp3) is 0.346. The Bertz CT molecular complexity index is 1070. The Hall–Kier alpha value is -3.45. The van der Waals surface area contributed by atoms with Crippen molar-refractivity contribution in [1.82, 2.24) is 19.4 Å². The van der Waals surface area contributed by atoms with Crippen LogP contribution < -0.4 is 5.32 Å². The number of benzene rings is 2. The number of anilines is 1. The van der Waals surface area contributed by atoms with Gasteiger partial charge in [0.05, 0.1) is 12.2 Å². The molecule has 0 fully saturated rings. The summed E-state index contributed by atoms with van der Waals surface area (Å²) in [5.74, 6) is -0.0772. The first-order chi connectivity index (χ1) is 15.7. The highest BCUT2D eigenvalue weighted by Gasteiger charge is 2.21. The monoisotopic (exact) mass is 447 g/mol. The number of nitrogens with zero attached hydrogens (tertiary/aromatic N) is 4. The number of aromatic nitrogens is 2. The van der Waals surface area contributed by atoms with E-state index >= 15 is 0 Å². The summed E-state index contributed by atoms with van der Waals surface area (Å²) >= 11 is 0. The lowest BCUT2D eigenvalue weighted by Crippen LogP contribution is -2.43. The number of aryl methyl sites for hydroxylation is 1. The van der Waals surface area contributed by atoms with Crippen LogP contribution in [0.25, 0.3) is 16.9 Å². The van der Waals surface area contributed by atoms with E-state index in [-0.39, 0.29) is 24.3 Å². The molecule has 7 heteroatoms. The fourth-order valence-electron chi connectivity index (χ4n) is 3.41. The smallest absolute Gasteiger partial charge is 0.246 e. The maximum atomic E-state index is 13.0. The molecule has 0 aliphatic carbocycles. The van der Waals surface area contributed by atoms with Crippen molar-refractivity contribution in [3.05, 3.63) is 66.4 Å². The van der Waals surface area contributed by atoms with E-state index in [1.165, 1.54) is 0 Å². The molecule has 0 unspecified atom stereocenters. The van der Waals surface area contributed by atoms with Gasteiger partial charge < -0.3 is 9.80 Å². The zero-order chi connectivity index (χ0) is 24.0. The maximum Gasteiger partial charge on any atom is 0.246 e. The molecule has 0 atom stereocenters. The van der Waals surface area contributed by atoms with Crippen LogP contribution in [0.4, 0.5) is 5.95 Å². The lowest BCUT2D eigenvalue weighted by Gasteiger charge is -2.25. The second-order valence-electron chi connectivity index (χ2n) is 8.79. The number of carbonyl (C=O) groups is 2. The van der Waals surface area contributed by atoms with Crippen molar-refractivity contribution in [3.8, 4) is 16.9 Å². The molecular weight excluding hydrogens is 414 g/mol. The minimum absolute atomic E-state index is 0.0215. The number of rotatable bonds is 9. The van der Waals surface area contributed by atoms with Gasteiger partial charge in [0.2, 0.25) is 17.8 Å². The van der Waals surface area contributed by atoms with Crippen molar-refractivity contribution in [1.29, 1.82) is 0 Å². The predicted molar refractivity (Wildman–Crippen MR) is 132 cm³/mol. The Labute approximate surface area is 196 Å². The quantitative estimate of drug-likeness (QED) is 0.541. The molecule has 0 radical (unpaired) electrons. The number of likely N-dealkylation sites (N-methyl/N-ethyl adjacent to an activating group) is 1. The van der Waals surface area contributed by atoms with Crippen LogP contribution in [0.3, 0.4) is 0 Å². The summed E-state index contributed by atoms with van der Waals surface area (Å²) in [7, 11) is 3.89. The molecule has 0 saturated carbocycles. The normalized spacial score (nSPS) is 11.1. The van der Waals surface area contributed by atoms with Crippen molar-refractivity contribution in [2.24, 2.45) is 5.92 Å². The molecule has 1 N–H and O–H groups in total. The van der Waals surface area contributed by atoms with Crippen molar-refractivity contribution >= 4 is 17.8 Å². The van der Waals surface area contributed by atoms with Gasteiger partial charge in [0, 0.05) is 36.5 Å². The van der Waals surface area contributed by atoms with Crippen LogP contribution >= 0.6 is 0 Å². The van der Waals surface area contributed by atoms with Gasteiger partial charge in [-0.25, -0.2) is 4.98 Å². The van der Waals surface area contributed by atoms with Gasteiger partial charge in [-0.1, -0.05) is 61.9 Å². The second kappa shape index (κ2) is 10.9. The third-order valence-electron chi connectivity index (χ3n) is 5.30. The predicted octanol–water partition coefficient (Wildman–Crippen LogP) is 3.83. The van der Waals surface area contributed by atoms with Crippen molar-refractivity contribution in [2.75, 3.05) is 39.0 Å². The summed E-state index contributed by atoms with van der Waals surface area (Å²) < 4.78 is 1.87. The molecule has 0 saturated heterocycles. The topological polar surface area (TPSA) is 70.5 Å². The number of hydrogen-bond donors (Lipinski definition) is 1. The Morgan fingerprint density at radius 3 is 2.27 bits per heavy atom. The summed E-state index contributed by atoms with van der Waals surface area (Å²) in [4.78, 5) is 34.0. The van der Waals surface area contributed by atoms with Crippen LogP contribution in [0, 0.1) is 12.8 Å². The fourth-order valence-corrected chi connectivity index (χ4v) is 3.41. The summed E-state index contributed by atoms with van der Waals surface area (Å²) in [5.41, 5.74) is 3.76. The van der Waals surface area contributed by atoms with Gasteiger partial charge >= 0.3 is 0 Å². The van der Waals surface area contributed by atoms with E-state index in [2.05, 4.69) is 5.32 Å². The summed E-state index contributed by atoms with van der Waals surface area (Å²) in [6, 6.07) is 17.9. The van der Waals surface area contributed by atoms with Crippen LogP contribution in [0.15, 0.2) is 60.8 Å². The van der Waals surface area contributed by atoms with E-state index in [0.29, 0.717) is 19.0 Å². The van der Waals surface area contributed by atoms with E-state index < -0.39 is 0 Å². The molecular formula is C26H33N5O2. The first-order valence-corrected chi connectivity index (χ1v) is 11.2. The van der Waals surface area contributed by atoms with Crippen LogP contribution in [0.1, 0.15) is 19.4 Å². The van der Waals surface area contributed by atoms with Crippen LogP contribution in [-0.2, 0) is 9.59 Å². The van der Waals surface area contributed by atoms with E-state index in [1.54, 1.807) is 4.90 Å². The average molecular weight is 448 g/mol. The SMILES string of the molecule is Cc1ccc(-n2cc(-c3ccccc3)nc2NC(=O)CN(CCN(C)C)C(=O)C(C)C)cc1. The molecule has 33 heavy (non-hydrogen) atoms. The van der Waals surface area contributed by atoms with Gasteiger partial charge in [-0.2, -0.15) is 0 Å². The highest BCUT2D eigenvalue weighted by molar-refractivity contribution is 5.94. The number of hydrogen-bond acceptors (Lipinski definition) is 4. The van der Waals surface area contributed by atoms with Crippen LogP contribution in [-0.4, -0.2) is 64.9 Å². The van der Waals surface area contributed by atoms with Crippen molar-refractivity contribution in [3.63, 3.8) is 0 Å². The number of carbonyl (C=O) groups excluding carboxylic acids is 2. The first kappa shape index (κ1) is 24.2. The molecule has 1 aromatic heterocycles. The van der Waals surface area contributed by atoms with Crippen molar-refractivity contribution < 1.29 is 9.59 Å². The third kappa shape index (κ3) is 6.52. The largest absolute Gasteiger partial charge is 0.332 e. The van der Waals surface area contributed by atoms with E-state index in [4.69, 9.17) is 4.98 Å². The van der Waals surface area contributed by atoms with Crippen LogP contribution in [0.2, 0.25) is 0 Å². The number of nitrogens with one attached hydrogen (secondary N) is 1. The molecule has 0 bridgehead atoms. The van der Waals surface area contributed by atoms with Gasteiger partial charge in [-0.05, 0) is 33.2 Å². The molecule has 0 spiro atoms. The number of imidazole rings is 1. The zero-order valence-electron chi connectivity index (χ0n) is 20.1. The van der Waals surface area contributed by atoms with Gasteiger partial charge in [-0.3, -0.25) is 19.5 Å². The second-order valence-corrected chi connectivity index (χ2v) is 8.79. The highest BCUT2D eigenvalue weighted by atomic mass is 16.2. The molecule has 0 aliphatic heterocycles. The first-order valence-electron chi connectivity index (χ1n) is 11.2. The average Bonchev–Trinajstić information content (AvgIpc) is 3.20. The molecule has 1 heterocycles.